The third kappa shape index (κ3) is 7.60. The molecule has 1 aromatic heterocycles. The van der Waals surface area contributed by atoms with E-state index < -0.39 is 0 Å². The maximum atomic E-state index is 4.98. The molecular weight excluding hydrogens is 643 g/mol. The molecule has 3 heteroatoms. The van der Waals surface area contributed by atoms with Gasteiger partial charge in [0.2, 0.25) is 5.69 Å². The van der Waals surface area contributed by atoms with Crippen molar-refractivity contribution in [1.29, 1.82) is 0 Å². The normalized spacial score (nSPS) is 11.2. The third-order valence-electron chi connectivity index (χ3n) is 10.1. The minimum absolute atomic E-state index is 0. The lowest BCUT2D eigenvalue weighted by Gasteiger charge is -2.20. The summed E-state index contributed by atoms with van der Waals surface area (Å²) in [5, 5.41) is 4.98. The zero-order valence-corrected chi connectivity index (χ0v) is 32.6. The molecule has 0 radical (unpaired) electrons. The molecule has 0 amide bonds. The minimum Gasteiger partial charge on any atom is -0.615 e. The Balaban J connectivity index is 0.00000541. The summed E-state index contributed by atoms with van der Waals surface area (Å²) >= 11 is 0. The van der Waals surface area contributed by atoms with Gasteiger partial charge in [0.25, 0.3) is 0 Å². The molecule has 3 nitrogen and oxygen atoms in total. The second-order valence-electron chi connectivity index (χ2n) is 15.2. The fraction of sp³-hybridized carbons (Fsp3) is 0.300. The lowest BCUT2D eigenvalue weighted by atomic mass is 9.91. The maximum Gasteiger partial charge on any atom is 0.300 e. The van der Waals surface area contributed by atoms with Gasteiger partial charge in [-0.1, -0.05) is 177 Å². The van der Waals surface area contributed by atoms with Crippen LogP contribution in [0.25, 0.3) is 39.3 Å². The molecular formula is C50H57N3. The number of aromatic nitrogens is 2. The highest BCUT2D eigenvalue weighted by Gasteiger charge is 2.38. The Bertz CT molecular complexity index is 2170. The summed E-state index contributed by atoms with van der Waals surface area (Å²) < 4.78 is 5.02. The van der Waals surface area contributed by atoms with E-state index in [1.165, 1.54) is 33.6 Å². The topological polar surface area (TPSA) is 22.9 Å². The largest absolute Gasteiger partial charge is 0.615 e. The fourth-order valence-electron chi connectivity index (χ4n) is 7.44. The molecule has 0 fully saturated rings. The molecule has 6 rings (SSSR count). The zero-order chi connectivity index (χ0) is 37.1. The molecule has 272 valence electrons. The monoisotopic (exact) mass is 699 g/mol. The van der Waals surface area contributed by atoms with E-state index in [4.69, 9.17) is 5.32 Å². The van der Waals surface area contributed by atoms with Crippen molar-refractivity contribution in [3.63, 3.8) is 0 Å². The first-order valence-corrected chi connectivity index (χ1v) is 18.9. The number of para-hydroxylation sites is 3. The highest BCUT2D eigenvalue weighted by Crippen LogP contribution is 2.40. The van der Waals surface area contributed by atoms with E-state index in [-0.39, 0.29) is 19.3 Å². The summed E-state index contributed by atoms with van der Waals surface area (Å²) in [5.74, 6) is 5.96. The molecule has 0 unspecified atom stereocenters. The van der Waals surface area contributed by atoms with Crippen LogP contribution < -0.4 is 4.57 Å². The van der Waals surface area contributed by atoms with Gasteiger partial charge in [-0.25, -0.2) is 0 Å². The fourth-order valence-corrected chi connectivity index (χ4v) is 7.44. The van der Waals surface area contributed by atoms with E-state index in [1.807, 2.05) is 0 Å². The molecule has 0 saturated carbocycles. The third-order valence-corrected chi connectivity index (χ3v) is 10.1. The summed E-state index contributed by atoms with van der Waals surface area (Å²) in [7, 11) is 0. The van der Waals surface area contributed by atoms with Crippen LogP contribution in [0.1, 0.15) is 126 Å². The summed E-state index contributed by atoms with van der Waals surface area (Å²) in [6, 6.07) is 45.0. The quantitative estimate of drug-likeness (QED) is 0.106. The lowest BCUT2D eigenvalue weighted by molar-refractivity contribution is -0.572. The molecule has 53 heavy (non-hydrogen) atoms. The number of aryl methyl sites for hydroxylation is 2. The first-order chi connectivity index (χ1) is 25.0. The highest BCUT2D eigenvalue weighted by atomic mass is 15.2. The maximum absolute atomic E-state index is 4.98. The Labute approximate surface area is 319 Å². The van der Waals surface area contributed by atoms with Gasteiger partial charge >= 0.3 is 5.82 Å². The number of hydrogen-bond acceptors (Lipinski definition) is 0. The average molecular weight is 700 g/mol. The van der Waals surface area contributed by atoms with Gasteiger partial charge in [-0.3, -0.25) is 0 Å². The predicted octanol–water partition coefficient (Wildman–Crippen LogP) is 13.8. The van der Waals surface area contributed by atoms with E-state index >= 15 is 0 Å². The first kappa shape index (κ1) is 38.9. The average Bonchev–Trinajstić information content (AvgIpc) is 3.46. The number of rotatable bonds is 9. The molecule has 0 aliphatic carbocycles. The molecule has 0 bridgehead atoms. The van der Waals surface area contributed by atoms with E-state index in [9.17, 15) is 0 Å². The standard InChI is InChI=1S/C49H53N3.CH4/c1-32(2)40-26-18-27-41(33(3)4)47(40)51-44(30-31-50-45-36(9)20-17-21-37(45)10)46(38-22-13-11-14-23-38)52(49(51)39-24-15-12-16-25-39)48-42(34(5)6)28-19-29-43(48)35(7)8;/h11-29,32-35H,1-10H3;1H4. The van der Waals surface area contributed by atoms with Gasteiger partial charge < -0.3 is 5.32 Å². The number of nitrogens with zero attached hydrogens (tertiary/aromatic N) is 3. The highest BCUT2D eigenvalue weighted by molar-refractivity contribution is 5.74. The van der Waals surface area contributed by atoms with Gasteiger partial charge in [0, 0.05) is 27.8 Å². The van der Waals surface area contributed by atoms with Gasteiger partial charge in [-0.15, -0.1) is 5.69 Å². The molecule has 1 heterocycles. The van der Waals surface area contributed by atoms with Gasteiger partial charge in [0.05, 0.1) is 5.56 Å². The summed E-state index contributed by atoms with van der Waals surface area (Å²) in [4.78, 5) is 0. The first-order valence-electron chi connectivity index (χ1n) is 18.9. The van der Waals surface area contributed by atoms with Crippen molar-refractivity contribution in [3.05, 3.63) is 160 Å². The van der Waals surface area contributed by atoms with Crippen LogP contribution in [0.15, 0.2) is 115 Å². The summed E-state index contributed by atoms with van der Waals surface area (Å²) in [6.45, 7) is 22.6. The van der Waals surface area contributed by atoms with Crippen LogP contribution in [0, 0.1) is 25.8 Å². The van der Waals surface area contributed by atoms with Crippen molar-refractivity contribution in [3.8, 4) is 46.0 Å². The second kappa shape index (κ2) is 16.6. The van der Waals surface area contributed by atoms with Crippen molar-refractivity contribution < 1.29 is 4.57 Å². The van der Waals surface area contributed by atoms with Crippen molar-refractivity contribution in [2.45, 2.75) is 100 Å². The van der Waals surface area contributed by atoms with E-state index in [2.05, 4.69) is 206 Å². The second-order valence-corrected chi connectivity index (χ2v) is 15.2. The molecule has 0 aliphatic rings. The predicted molar refractivity (Wildman–Crippen MR) is 227 cm³/mol. The van der Waals surface area contributed by atoms with Crippen molar-refractivity contribution in [2.24, 2.45) is 0 Å². The number of benzene rings is 5. The van der Waals surface area contributed by atoms with Crippen LogP contribution >= 0.6 is 0 Å². The molecule has 0 spiro atoms. The van der Waals surface area contributed by atoms with Crippen LogP contribution in [0.2, 0.25) is 0 Å². The van der Waals surface area contributed by atoms with Crippen LogP contribution in [-0.4, -0.2) is 4.57 Å². The smallest absolute Gasteiger partial charge is 0.300 e. The summed E-state index contributed by atoms with van der Waals surface area (Å²) in [5.41, 5.74) is 15.0. The minimum atomic E-state index is 0. The Morgan fingerprint density at radius 2 is 0.962 bits per heavy atom. The van der Waals surface area contributed by atoms with E-state index in [1.54, 1.807) is 0 Å². The summed E-state index contributed by atoms with van der Waals surface area (Å²) in [6.07, 6.45) is 0. The van der Waals surface area contributed by atoms with Gasteiger partial charge in [-0.05, 0) is 55.6 Å². The van der Waals surface area contributed by atoms with Crippen molar-refractivity contribution >= 4 is 5.69 Å². The van der Waals surface area contributed by atoms with Crippen LogP contribution in [0.4, 0.5) is 5.69 Å². The van der Waals surface area contributed by atoms with Crippen LogP contribution in [0.3, 0.4) is 0 Å². The van der Waals surface area contributed by atoms with Gasteiger partial charge in [-0.2, -0.15) is 15.2 Å². The van der Waals surface area contributed by atoms with E-state index in [0.29, 0.717) is 11.8 Å². The van der Waals surface area contributed by atoms with Gasteiger partial charge in [0.15, 0.2) is 5.69 Å². The van der Waals surface area contributed by atoms with Crippen LogP contribution in [-0.2, 0) is 0 Å². The van der Waals surface area contributed by atoms with E-state index in [0.717, 1.165) is 45.2 Å². The van der Waals surface area contributed by atoms with Gasteiger partial charge in [0.1, 0.15) is 11.4 Å². The molecule has 0 saturated heterocycles. The van der Waals surface area contributed by atoms with Crippen molar-refractivity contribution in [1.82, 2.24) is 4.57 Å². The van der Waals surface area contributed by atoms with Crippen molar-refractivity contribution in [2.75, 3.05) is 0 Å². The molecule has 0 atom stereocenters. The molecule has 0 aliphatic heterocycles. The Morgan fingerprint density at radius 3 is 1.43 bits per heavy atom. The number of hydrogen-bond donors (Lipinski definition) is 0. The molecule has 6 aromatic rings. The Hall–Kier alpha value is -5.33. The Kier molecular flexibility index (Phi) is 12.2. The molecule has 0 N–H and O–H groups in total. The SMILES string of the molecule is C.Cc1cccc(C)c1[N-]C#Cc1c(-c2ccccc2)[n+](-c2c(C(C)C)cccc2C(C)C)c(-c2ccccc2)n1-c1c(C(C)C)cccc1C(C)C. The Morgan fingerprint density at radius 1 is 0.528 bits per heavy atom. The zero-order valence-electron chi connectivity index (χ0n) is 32.6. The van der Waals surface area contributed by atoms with Crippen LogP contribution in [0.5, 0.6) is 0 Å². The number of imidazole rings is 1. The lowest BCUT2D eigenvalue weighted by Crippen LogP contribution is -2.38. The molecule has 5 aromatic carbocycles.